The van der Waals surface area contributed by atoms with Crippen LogP contribution in [0.1, 0.15) is 0 Å². The molecule has 0 bridgehead atoms. The first-order chi connectivity index (χ1) is 14.0. The zero-order valence-corrected chi connectivity index (χ0v) is 19.2. The van der Waals surface area contributed by atoms with E-state index in [2.05, 4.69) is 21.0 Å². The number of halogens is 12. The molecule has 0 saturated carbocycles. The maximum absolute atomic E-state index is 10.7. The van der Waals surface area contributed by atoms with Crippen LogP contribution in [0.25, 0.3) is 11.2 Å². The number of aromatic nitrogens is 4. The molecule has 2 aromatic rings. The fourth-order valence-corrected chi connectivity index (χ4v) is 1.45. The average Bonchev–Trinajstić information content (AvgIpc) is 2.91. The topological polar surface area (TPSA) is 86.7 Å². The van der Waals surface area contributed by atoms with Crippen LogP contribution in [0.4, 0.5) is 50.4 Å². The first-order valence-electron chi connectivity index (χ1n) is 7.89. The van der Waals surface area contributed by atoms with E-state index in [1.165, 1.54) is 4.85 Å². The number of rotatable bonds is 1. The molecule has 0 spiro atoms. The molecule has 0 saturated heterocycles. The number of hydrogen-bond donors (Lipinski definition) is 1. The van der Waals surface area contributed by atoms with E-state index in [0.29, 0.717) is 11.7 Å². The summed E-state index contributed by atoms with van der Waals surface area (Å²) < 4.78 is 120. The summed E-state index contributed by atoms with van der Waals surface area (Å²) >= 11 is 0. The van der Waals surface area contributed by atoms with Crippen LogP contribution in [0.15, 0.2) is 18.3 Å². The molecule has 2 heterocycles. The molecule has 0 aliphatic rings. The second-order valence-corrected chi connectivity index (χ2v) is 9.72. The van der Waals surface area contributed by atoms with Gasteiger partial charge in [0.2, 0.25) is 5.65 Å². The van der Waals surface area contributed by atoms with Crippen LogP contribution < -0.4 is 10.6 Å². The molecule has 0 aromatic carbocycles. The van der Waals surface area contributed by atoms with Gasteiger partial charge in [-0.2, -0.15) is 0 Å². The third kappa shape index (κ3) is 25.9. The molecule has 200 valence electrons. The zero-order chi connectivity index (χ0) is 27.2. The number of hydrogen-bond acceptors (Lipinski definition) is 4. The molecular formula is C11H21F12N7OP2. The van der Waals surface area contributed by atoms with Crippen LogP contribution in [0, 0.1) is 0 Å². The Balaban J connectivity index is 0. The molecule has 2 rings (SSSR count). The van der Waals surface area contributed by atoms with Crippen molar-refractivity contribution in [1.82, 2.24) is 25.0 Å². The van der Waals surface area contributed by atoms with Crippen LogP contribution in [-0.4, -0.2) is 70.9 Å². The van der Waals surface area contributed by atoms with Crippen LogP contribution in [0.3, 0.4) is 0 Å². The molecule has 2 aromatic heterocycles. The number of fused-ring (bicyclic) bond motifs is 1. The summed E-state index contributed by atoms with van der Waals surface area (Å²) in [4.78, 5) is 13.0. The molecule has 0 aliphatic carbocycles. The van der Waals surface area contributed by atoms with Gasteiger partial charge in [-0.1, -0.05) is 4.85 Å². The Kier molecular flexibility index (Phi) is 8.86. The molecular weight excluding hydrogens is 536 g/mol. The Morgan fingerprint density at radius 3 is 1.64 bits per heavy atom. The van der Waals surface area contributed by atoms with E-state index in [1.54, 1.807) is 13.2 Å². The summed E-state index contributed by atoms with van der Waals surface area (Å²) in [6.07, 6.45) is 1.67. The van der Waals surface area contributed by atoms with E-state index in [0.717, 1.165) is 5.52 Å². The van der Waals surface area contributed by atoms with Crippen molar-refractivity contribution >= 4 is 32.8 Å². The van der Waals surface area contributed by atoms with E-state index in [-0.39, 0.29) is 0 Å². The van der Waals surface area contributed by atoms with Crippen molar-refractivity contribution in [1.29, 1.82) is 0 Å². The van der Waals surface area contributed by atoms with Crippen LogP contribution >= 0.6 is 15.6 Å². The van der Waals surface area contributed by atoms with E-state index in [4.69, 9.17) is 4.84 Å². The second-order valence-electron chi connectivity index (χ2n) is 5.89. The SMILES string of the molecule is CN(C)C(On1nnc2ncccc21)=[N+](C)C.C[NH3+].F[P-](F)(F)(F)(F)F.F[P-](F)(F)(F)(F)F. The third-order valence-electron chi connectivity index (χ3n) is 2.13. The van der Waals surface area contributed by atoms with E-state index in [1.807, 2.05) is 49.8 Å². The van der Waals surface area contributed by atoms with Crippen molar-refractivity contribution in [2.24, 2.45) is 0 Å². The molecule has 0 atom stereocenters. The number of pyridine rings is 1. The fourth-order valence-electron chi connectivity index (χ4n) is 1.45. The summed E-state index contributed by atoms with van der Waals surface area (Å²) in [5.74, 6) is 0. The molecule has 0 amide bonds. The van der Waals surface area contributed by atoms with Gasteiger partial charge in [-0.25, -0.2) is 14.5 Å². The Morgan fingerprint density at radius 1 is 0.909 bits per heavy atom. The quantitative estimate of drug-likeness (QED) is 0.174. The molecule has 0 aliphatic heterocycles. The first kappa shape index (κ1) is 33.0. The minimum atomic E-state index is -10.7. The van der Waals surface area contributed by atoms with E-state index in [9.17, 15) is 50.4 Å². The Hall–Kier alpha value is -2.20. The van der Waals surface area contributed by atoms with Crippen molar-refractivity contribution < 1.29 is 65.5 Å². The summed E-state index contributed by atoms with van der Waals surface area (Å²) in [6, 6.07) is 4.32. The summed E-state index contributed by atoms with van der Waals surface area (Å²) in [5, 5.41) is 7.82. The molecule has 0 radical (unpaired) electrons. The Morgan fingerprint density at radius 2 is 1.30 bits per heavy atom. The van der Waals surface area contributed by atoms with Crippen molar-refractivity contribution in [3.05, 3.63) is 18.3 Å². The molecule has 3 N–H and O–H groups in total. The predicted molar refractivity (Wildman–Crippen MR) is 98.7 cm³/mol. The Labute approximate surface area is 178 Å². The van der Waals surface area contributed by atoms with Gasteiger partial charge in [0.1, 0.15) is 0 Å². The summed E-state index contributed by atoms with van der Waals surface area (Å²) in [5.41, 5.74) is 4.54. The maximum atomic E-state index is 9.87. The second kappa shape index (κ2) is 8.87. The van der Waals surface area contributed by atoms with Gasteiger partial charge in [0.15, 0.2) is 5.52 Å². The van der Waals surface area contributed by atoms with E-state index < -0.39 is 15.6 Å². The molecule has 8 nitrogen and oxygen atoms in total. The number of quaternary nitrogens is 1. The monoisotopic (exact) mass is 557 g/mol. The van der Waals surface area contributed by atoms with Gasteiger partial charge in [-0.15, -0.1) is 5.10 Å². The van der Waals surface area contributed by atoms with Gasteiger partial charge in [0.25, 0.3) is 0 Å². The Bertz CT molecular complexity index is 899. The standard InChI is InChI=1S/C10H15N6O.CH5N.2F6P/c1-14(2)10(15(3)4)17-16-8-6-5-7-11-9(8)12-13-16;1-2;2*1-7(2,3,4,5)6/h5-7H,1-4H3;2H2,1H3;;/q+1;;2*-1/p+1. The van der Waals surface area contributed by atoms with Gasteiger partial charge in [0, 0.05) is 6.20 Å². The van der Waals surface area contributed by atoms with Crippen molar-refractivity contribution in [2.75, 3.05) is 35.2 Å². The number of nitrogens with zero attached hydrogens (tertiary/aromatic N) is 6. The van der Waals surface area contributed by atoms with Crippen molar-refractivity contribution in [3.8, 4) is 0 Å². The van der Waals surface area contributed by atoms with Crippen LogP contribution in [0.2, 0.25) is 0 Å². The van der Waals surface area contributed by atoms with Gasteiger partial charge >= 0.3 is 72.0 Å². The van der Waals surface area contributed by atoms with Gasteiger partial charge in [0.05, 0.1) is 35.2 Å². The molecule has 0 unspecified atom stereocenters. The van der Waals surface area contributed by atoms with E-state index >= 15 is 0 Å². The summed E-state index contributed by atoms with van der Waals surface area (Å²) in [7, 11) is -12.0. The van der Waals surface area contributed by atoms with Crippen LogP contribution in [-0.2, 0) is 0 Å². The van der Waals surface area contributed by atoms with Crippen LogP contribution in [0.5, 0.6) is 0 Å². The van der Waals surface area contributed by atoms with Gasteiger partial charge in [-0.3, -0.25) is 4.84 Å². The molecule has 33 heavy (non-hydrogen) atoms. The zero-order valence-electron chi connectivity index (χ0n) is 17.5. The number of amidine groups is 1. The average molecular weight is 557 g/mol. The third-order valence-corrected chi connectivity index (χ3v) is 2.13. The minimum absolute atomic E-state index is 0.560. The normalized spacial score (nSPS) is 15.3. The first-order valence-corrected chi connectivity index (χ1v) is 11.9. The molecule has 0 fully saturated rings. The van der Waals surface area contributed by atoms with Crippen molar-refractivity contribution in [2.45, 2.75) is 0 Å². The fraction of sp³-hybridized carbons (Fsp3) is 0.455. The van der Waals surface area contributed by atoms with Gasteiger partial charge in [-0.05, 0) is 17.3 Å². The predicted octanol–water partition coefficient (Wildman–Crippen LogP) is 5.07. The molecule has 22 heteroatoms. The van der Waals surface area contributed by atoms with Crippen molar-refractivity contribution in [3.63, 3.8) is 0 Å². The van der Waals surface area contributed by atoms with Gasteiger partial charge < -0.3 is 5.73 Å². The summed E-state index contributed by atoms with van der Waals surface area (Å²) in [6.45, 7) is 0.